The zero-order chi connectivity index (χ0) is 13.1. The molecule has 2 N–H and O–H groups in total. The fraction of sp³-hybridized carbons (Fsp3) is 0.214. The Bertz CT molecular complexity index is 557. The van der Waals surface area contributed by atoms with Crippen molar-refractivity contribution in [2.24, 2.45) is 5.73 Å². The molecule has 1 heterocycles. The van der Waals surface area contributed by atoms with Gasteiger partial charge in [-0.1, -0.05) is 23.7 Å². The highest BCUT2D eigenvalue weighted by Gasteiger charge is 2.13. The first-order valence-corrected chi connectivity index (χ1v) is 6.06. The second-order valence-electron chi connectivity index (χ2n) is 4.26. The number of hydrogen-bond acceptors (Lipinski definition) is 2. The first-order chi connectivity index (χ1) is 8.59. The van der Waals surface area contributed by atoms with Gasteiger partial charge in [-0.3, -0.25) is 4.98 Å². The van der Waals surface area contributed by atoms with Gasteiger partial charge in [0.2, 0.25) is 0 Å². The van der Waals surface area contributed by atoms with Crippen molar-refractivity contribution in [2.75, 3.05) is 0 Å². The van der Waals surface area contributed by atoms with Crippen LogP contribution in [0.25, 0.3) is 0 Å². The summed E-state index contributed by atoms with van der Waals surface area (Å²) in [6.45, 7) is 1.94. The van der Waals surface area contributed by atoms with Crippen LogP contribution in [-0.4, -0.2) is 4.98 Å². The minimum Gasteiger partial charge on any atom is -0.324 e. The molecule has 0 spiro atoms. The Balaban J connectivity index is 2.24. The lowest BCUT2D eigenvalue weighted by Gasteiger charge is -2.15. The Labute approximate surface area is 111 Å². The van der Waals surface area contributed by atoms with Crippen molar-refractivity contribution in [3.05, 3.63) is 64.2 Å². The van der Waals surface area contributed by atoms with Crippen LogP contribution in [-0.2, 0) is 6.42 Å². The predicted octanol–water partition coefficient (Wildman–Crippen LogP) is 3.43. The summed E-state index contributed by atoms with van der Waals surface area (Å²) in [4.78, 5) is 4.02. The van der Waals surface area contributed by atoms with E-state index in [9.17, 15) is 4.39 Å². The molecular weight excluding hydrogens is 251 g/mol. The van der Waals surface area contributed by atoms with E-state index in [4.69, 9.17) is 17.3 Å². The van der Waals surface area contributed by atoms with Gasteiger partial charge in [0.05, 0.1) is 5.02 Å². The summed E-state index contributed by atoms with van der Waals surface area (Å²) in [5.74, 6) is -0.388. The third kappa shape index (κ3) is 2.68. The van der Waals surface area contributed by atoms with Crippen molar-refractivity contribution in [3.8, 4) is 0 Å². The number of rotatable bonds is 3. The van der Waals surface area contributed by atoms with Gasteiger partial charge in [-0.05, 0) is 42.2 Å². The first kappa shape index (κ1) is 13.0. The Morgan fingerprint density at radius 3 is 2.89 bits per heavy atom. The quantitative estimate of drug-likeness (QED) is 0.923. The van der Waals surface area contributed by atoms with E-state index in [0.29, 0.717) is 12.0 Å². The number of aromatic nitrogens is 1. The summed E-state index contributed by atoms with van der Waals surface area (Å²) in [5, 5.41) is 0.131. The van der Waals surface area contributed by atoms with Gasteiger partial charge in [0.15, 0.2) is 0 Å². The van der Waals surface area contributed by atoms with Crippen molar-refractivity contribution in [2.45, 2.75) is 19.4 Å². The van der Waals surface area contributed by atoms with Crippen molar-refractivity contribution in [1.29, 1.82) is 0 Å². The highest BCUT2D eigenvalue weighted by atomic mass is 35.5. The van der Waals surface area contributed by atoms with E-state index < -0.39 is 0 Å². The van der Waals surface area contributed by atoms with E-state index in [1.165, 1.54) is 6.07 Å². The molecule has 1 aromatic heterocycles. The number of hydrogen-bond donors (Lipinski definition) is 1. The van der Waals surface area contributed by atoms with Crippen molar-refractivity contribution >= 4 is 11.6 Å². The molecule has 1 unspecified atom stereocenters. The molecule has 0 saturated heterocycles. The molecule has 0 bridgehead atoms. The lowest BCUT2D eigenvalue weighted by Crippen LogP contribution is -2.15. The van der Waals surface area contributed by atoms with Crippen LogP contribution in [0.1, 0.15) is 22.7 Å². The number of benzene rings is 1. The second-order valence-corrected chi connectivity index (χ2v) is 4.66. The van der Waals surface area contributed by atoms with Gasteiger partial charge in [-0.15, -0.1) is 0 Å². The third-order valence-electron chi connectivity index (χ3n) is 2.93. The Kier molecular flexibility index (Phi) is 3.94. The van der Waals surface area contributed by atoms with Crippen LogP contribution < -0.4 is 5.73 Å². The van der Waals surface area contributed by atoms with E-state index >= 15 is 0 Å². The van der Waals surface area contributed by atoms with Gasteiger partial charge in [0.25, 0.3) is 0 Å². The molecule has 0 amide bonds. The van der Waals surface area contributed by atoms with Gasteiger partial charge in [-0.2, -0.15) is 0 Å². The zero-order valence-electron chi connectivity index (χ0n) is 10.0. The van der Waals surface area contributed by atoms with Crippen molar-refractivity contribution in [3.63, 3.8) is 0 Å². The van der Waals surface area contributed by atoms with Gasteiger partial charge in [-0.25, -0.2) is 4.39 Å². The molecular formula is C14H14ClFN2. The molecule has 0 saturated carbocycles. The second kappa shape index (κ2) is 5.46. The number of nitrogens with zero attached hydrogens (tertiary/aromatic N) is 1. The largest absolute Gasteiger partial charge is 0.324 e. The standard InChI is InChI=1S/C14H14ClFN2/c1-9-8-18-6-5-11(9)13(17)7-10-3-2-4-12(15)14(10)16/h2-6,8,13H,7,17H2,1H3. The Morgan fingerprint density at radius 1 is 1.39 bits per heavy atom. The molecule has 1 atom stereocenters. The van der Waals surface area contributed by atoms with Crippen LogP contribution >= 0.6 is 11.6 Å². The molecule has 2 aromatic rings. The number of aryl methyl sites for hydroxylation is 1. The summed E-state index contributed by atoms with van der Waals surface area (Å²) in [6.07, 6.45) is 3.86. The van der Waals surface area contributed by atoms with E-state index in [1.54, 1.807) is 24.5 Å². The smallest absolute Gasteiger partial charge is 0.145 e. The van der Waals surface area contributed by atoms with Gasteiger partial charge < -0.3 is 5.73 Å². The fourth-order valence-electron chi connectivity index (χ4n) is 1.95. The van der Waals surface area contributed by atoms with Gasteiger partial charge in [0, 0.05) is 18.4 Å². The molecule has 4 heteroatoms. The maximum atomic E-state index is 13.8. The molecule has 18 heavy (non-hydrogen) atoms. The maximum absolute atomic E-state index is 13.8. The average molecular weight is 265 g/mol. The van der Waals surface area contributed by atoms with E-state index in [-0.39, 0.29) is 16.9 Å². The molecule has 0 aliphatic rings. The van der Waals surface area contributed by atoms with Crippen molar-refractivity contribution in [1.82, 2.24) is 4.98 Å². The van der Waals surface area contributed by atoms with E-state index in [0.717, 1.165) is 11.1 Å². The Morgan fingerprint density at radius 2 is 2.17 bits per heavy atom. The molecule has 0 aliphatic heterocycles. The number of nitrogens with two attached hydrogens (primary N) is 1. The summed E-state index contributed by atoms with van der Waals surface area (Å²) in [7, 11) is 0. The van der Waals surface area contributed by atoms with Crippen LogP contribution in [0.4, 0.5) is 4.39 Å². The minimum absolute atomic E-state index is 0.131. The fourth-order valence-corrected chi connectivity index (χ4v) is 2.15. The monoisotopic (exact) mass is 264 g/mol. The van der Waals surface area contributed by atoms with Crippen LogP contribution in [0.3, 0.4) is 0 Å². The summed E-state index contributed by atoms with van der Waals surface area (Å²) in [5.41, 5.74) is 8.63. The molecule has 2 rings (SSSR count). The maximum Gasteiger partial charge on any atom is 0.145 e. The third-order valence-corrected chi connectivity index (χ3v) is 3.23. The predicted molar refractivity (Wildman–Crippen MR) is 71.0 cm³/mol. The Hall–Kier alpha value is -1.45. The van der Waals surface area contributed by atoms with Crippen molar-refractivity contribution < 1.29 is 4.39 Å². The topological polar surface area (TPSA) is 38.9 Å². The summed E-state index contributed by atoms with van der Waals surface area (Å²) >= 11 is 5.75. The normalized spacial score (nSPS) is 12.4. The number of halogens is 2. The molecule has 0 aliphatic carbocycles. The lowest BCUT2D eigenvalue weighted by molar-refractivity contribution is 0.593. The van der Waals surface area contributed by atoms with Gasteiger partial charge >= 0.3 is 0 Å². The molecule has 2 nitrogen and oxygen atoms in total. The lowest BCUT2D eigenvalue weighted by atomic mass is 9.97. The zero-order valence-corrected chi connectivity index (χ0v) is 10.8. The summed E-state index contributed by atoms with van der Waals surface area (Å²) < 4.78 is 13.8. The highest BCUT2D eigenvalue weighted by Crippen LogP contribution is 2.23. The average Bonchev–Trinajstić information content (AvgIpc) is 2.35. The van der Waals surface area contributed by atoms with Crippen LogP contribution in [0.2, 0.25) is 5.02 Å². The SMILES string of the molecule is Cc1cnccc1C(N)Cc1cccc(Cl)c1F. The molecule has 0 radical (unpaired) electrons. The number of pyridine rings is 1. The van der Waals surface area contributed by atoms with Crippen LogP contribution in [0.5, 0.6) is 0 Å². The molecule has 0 fully saturated rings. The van der Waals surface area contributed by atoms with Crippen LogP contribution in [0, 0.1) is 12.7 Å². The van der Waals surface area contributed by atoms with Crippen LogP contribution in [0.15, 0.2) is 36.7 Å². The van der Waals surface area contributed by atoms with Gasteiger partial charge in [0.1, 0.15) is 5.82 Å². The van der Waals surface area contributed by atoms with E-state index in [2.05, 4.69) is 4.98 Å². The molecule has 94 valence electrons. The highest BCUT2D eigenvalue weighted by molar-refractivity contribution is 6.30. The molecule has 1 aromatic carbocycles. The summed E-state index contributed by atoms with van der Waals surface area (Å²) in [6, 6.07) is 6.57. The first-order valence-electron chi connectivity index (χ1n) is 5.68. The van der Waals surface area contributed by atoms with E-state index in [1.807, 2.05) is 13.0 Å². The minimum atomic E-state index is -0.388.